The number of carbonyl (C=O) groups is 1. The van der Waals surface area contributed by atoms with E-state index in [9.17, 15) is 43.9 Å². The standard InChI is InChI=1S/C25H19F7N6O4S/c26-15-7-4-13(5-8-15)11-42-17-10-14(6-9-16(17)38-43(40,41)12-24(27,28)29)21-20(22(33)39)23(37-36-21)35-19-3-1-2-18(34-19)25(30,31)32/h1-10,38H,11-12H2,(H2,33,39)(H2,34,35,36,37). The Morgan fingerprint density at radius 1 is 1.00 bits per heavy atom. The number of nitrogens with two attached hydrogens (primary N) is 1. The smallest absolute Gasteiger partial charge is 0.433 e. The van der Waals surface area contributed by atoms with Gasteiger partial charge in [0.1, 0.15) is 46.8 Å². The van der Waals surface area contributed by atoms with Crippen LogP contribution in [0.25, 0.3) is 11.3 Å². The number of nitrogens with zero attached hydrogens (tertiary/aromatic N) is 2. The molecule has 0 aliphatic carbocycles. The van der Waals surface area contributed by atoms with Crippen LogP contribution in [0, 0.1) is 5.82 Å². The first-order chi connectivity index (χ1) is 20.0. The molecule has 4 rings (SSSR count). The molecule has 0 bridgehead atoms. The minimum atomic E-state index is -5.05. The first-order valence-corrected chi connectivity index (χ1v) is 13.4. The lowest BCUT2D eigenvalue weighted by Gasteiger charge is -2.16. The number of sulfonamides is 1. The van der Waals surface area contributed by atoms with E-state index in [1.165, 1.54) is 24.3 Å². The van der Waals surface area contributed by atoms with E-state index in [0.717, 1.165) is 36.4 Å². The van der Waals surface area contributed by atoms with Crippen LogP contribution in [-0.4, -0.2) is 41.4 Å². The first-order valence-electron chi connectivity index (χ1n) is 11.8. The van der Waals surface area contributed by atoms with Gasteiger partial charge in [0, 0.05) is 5.56 Å². The number of amides is 1. The third-order valence-electron chi connectivity index (χ3n) is 5.49. The van der Waals surface area contributed by atoms with E-state index >= 15 is 0 Å². The van der Waals surface area contributed by atoms with Gasteiger partial charge in [-0.3, -0.25) is 14.6 Å². The number of benzene rings is 2. The number of hydrogen-bond acceptors (Lipinski definition) is 7. The molecule has 0 radical (unpaired) electrons. The molecule has 5 N–H and O–H groups in total. The SMILES string of the molecule is NC(=O)c1c(-c2ccc(NS(=O)(=O)CC(F)(F)F)c(OCc3ccc(F)cc3)c2)n[nH]c1Nc1cccc(C(F)(F)F)n1. The van der Waals surface area contributed by atoms with Gasteiger partial charge in [-0.05, 0) is 42.0 Å². The molecule has 0 atom stereocenters. The van der Waals surface area contributed by atoms with Gasteiger partial charge in [-0.1, -0.05) is 24.3 Å². The number of primary amides is 1. The number of pyridine rings is 1. The van der Waals surface area contributed by atoms with Crippen LogP contribution in [-0.2, 0) is 22.8 Å². The number of halogens is 7. The van der Waals surface area contributed by atoms with Crippen molar-refractivity contribution < 1.29 is 48.7 Å². The Labute approximate surface area is 238 Å². The van der Waals surface area contributed by atoms with Crippen molar-refractivity contribution in [2.75, 3.05) is 15.8 Å². The van der Waals surface area contributed by atoms with Crippen LogP contribution in [0.15, 0.2) is 60.7 Å². The van der Waals surface area contributed by atoms with Gasteiger partial charge < -0.3 is 15.8 Å². The van der Waals surface area contributed by atoms with Gasteiger partial charge >= 0.3 is 12.4 Å². The number of anilines is 3. The summed E-state index contributed by atoms with van der Waals surface area (Å²) in [4.78, 5) is 15.8. The third kappa shape index (κ3) is 8.12. The molecule has 1 amide bonds. The summed E-state index contributed by atoms with van der Waals surface area (Å²) in [5.74, 6) is -4.68. The average Bonchev–Trinajstić information content (AvgIpc) is 3.31. The molecule has 0 saturated heterocycles. The van der Waals surface area contributed by atoms with Crippen molar-refractivity contribution in [3.8, 4) is 17.0 Å². The monoisotopic (exact) mass is 632 g/mol. The summed E-state index contributed by atoms with van der Waals surface area (Å²) in [6.45, 7) is -0.283. The van der Waals surface area contributed by atoms with Crippen LogP contribution >= 0.6 is 0 Å². The summed E-state index contributed by atoms with van der Waals surface area (Å²) < 4.78 is 123. The lowest BCUT2D eigenvalue weighted by molar-refractivity contribution is -0.141. The van der Waals surface area contributed by atoms with E-state index in [2.05, 4.69) is 20.5 Å². The first kappa shape index (κ1) is 31.1. The highest BCUT2D eigenvalue weighted by Gasteiger charge is 2.36. The molecule has 2 heterocycles. The largest absolute Gasteiger partial charge is 0.487 e. The molecule has 0 aliphatic rings. The van der Waals surface area contributed by atoms with Crippen molar-refractivity contribution >= 4 is 33.3 Å². The Morgan fingerprint density at radius 2 is 1.70 bits per heavy atom. The Balaban J connectivity index is 1.72. The second-order valence-electron chi connectivity index (χ2n) is 8.82. The number of rotatable bonds is 10. The van der Waals surface area contributed by atoms with Crippen molar-refractivity contribution in [1.82, 2.24) is 15.2 Å². The van der Waals surface area contributed by atoms with Gasteiger partial charge in [-0.2, -0.15) is 31.4 Å². The molecule has 2 aromatic heterocycles. The summed E-state index contributed by atoms with van der Waals surface area (Å²) in [5.41, 5.74) is 3.83. The predicted molar refractivity (Wildman–Crippen MR) is 139 cm³/mol. The maximum absolute atomic E-state index is 13.3. The molecule has 2 aromatic carbocycles. The number of ether oxygens (including phenoxy) is 1. The Morgan fingerprint density at radius 3 is 2.33 bits per heavy atom. The highest BCUT2D eigenvalue weighted by atomic mass is 32.2. The summed E-state index contributed by atoms with van der Waals surface area (Å²) in [6, 6.07) is 11.3. The van der Waals surface area contributed by atoms with E-state index in [1.54, 1.807) is 4.72 Å². The summed E-state index contributed by atoms with van der Waals surface area (Å²) in [7, 11) is -4.94. The third-order valence-corrected chi connectivity index (χ3v) is 6.73. The molecule has 0 spiro atoms. The lowest BCUT2D eigenvalue weighted by atomic mass is 10.1. The van der Waals surface area contributed by atoms with Crippen LogP contribution in [0.4, 0.5) is 48.1 Å². The predicted octanol–water partition coefficient (Wildman–Crippen LogP) is 5.36. The Hall–Kier alpha value is -4.87. The molecule has 0 fully saturated rings. The summed E-state index contributed by atoms with van der Waals surface area (Å²) in [6.07, 6.45) is -9.80. The summed E-state index contributed by atoms with van der Waals surface area (Å²) >= 11 is 0. The number of H-pyrrole nitrogens is 1. The van der Waals surface area contributed by atoms with Gasteiger partial charge in [-0.25, -0.2) is 17.8 Å². The molecule has 18 heteroatoms. The van der Waals surface area contributed by atoms with Crippen LogP contribution < -0.4 is 20.5 Å². The fourth-order valence-corrected chi connectivity index (χ4v) is 4.71. The van der Waals surface area contributed by atoms with E-state index < -0.39 is 51.2 Å². The topological polar surface area (TPSA) is 152 Å². The van der Waals surface area contributed by atoms with Crippen molar-refractivity contribution in [2.45, 2.75) is 19.0 Å². The van der Waals surface area contributed by atoms with Crippen molar-refractivity contribution in [1.29, 1.82) is 0 Å². The molecule has 0 saturated carbocycles. The molecule has 228 valence electrons. The molecule has 10 nitrogen and oxygen atoms in total. The van der Waals surface area contributed by atoms with Crippen LogP contribution in [0.2, 0.25) is 0 Å². The van der Waals surface area contributed by atoms with Crippen molar-refractivity contribution in [3.63, 3.8) is 0 Å². The number of carbonyl (C=O) groups excluding carboxylic acids is 1. The molecule has 0 aliphatic heterocycles. The van der Waals surface area contributed by atoms with Crippen molar-refractivity contribution in [3.05, 3.63) is 83.3 Å². The number of hydrogen-bond donors (Lipinski definition) is 4. The molecular formula is C25H19F7N6O4S. The van der Waals surface area contributed by atoms with Gasteiger partial charge in [0.05, 0.1) is 5.69 Å². The average molecular weight is 633 g/mol. The summed E-state index contributed by atoms with van der Waals surface area (Å²) in [5, 5.41) is 8.90. The normalized spacial score (nSPS) is 12.2. The van der Waals surface area contributed by atoms with E-state index in [4.69, 9.17) is 10.5 Å². The molecular weight excluding hydrogens is 613 g/mol. The van der Waals surface area contributed by atoms with Gasteiger partial charge in [0.25, 0.3) is 5.91 Å². The van der Waals surface area contributed by atoms with E-state index in [1.807, 2.05) is 0 Å². The maximum Gasteiger partial charge on any atom is 0.433 e. The van der Waals surface area contributed by atoms with Crippen molar-refractivity contribution in [2.24, 2.45) is 5.73 Å². The quantitative estimate of drug-likeness (QED) is 0.172. The number of aromatic nitrogens is 3. The van der Waals surface area contributed by atoms with Crippen LogP contribution in [0.5, 0.6) is 5.75 Å². The van der Waals surface area contributed by atoms with E-state index in [0.29, 0.717) is 5.56 Å². The van der Waals surface area contributed by atoms with Gasteiger partial charge in [0.15, 0.2) is 5.75 Å². The minimum Gasteiger partial charge on any atom is -0.487 e. The highest BCUT2D eigenvalue weighted by molar-refractivity contribution is 7.92. The zero-order valence-electron chi connectivity index (χ0n) is 21.3. The van der Waals surface area contributed by atoms with Gasteiger partial charge in [0.2, 0.25) is 10.0 Å². The molecule has 4 aromatic rings. The second kappa shape index (κ2) is 11.8. The Bertz CT molecular complexity index is 1740. The molecule has 0 unspecified atom stereocenters. The number of alkyl halides is 6. The second-order valence-corrected chi connectivity index (χ2v) is 10.5. The minimum absolute atomic E-state index is 0.0444. The molecule has 43 heavy (non-hydrogen) atoms. The Kier molecular flexibility index (Phi) is 8.52. The van der Waals surface area contributed by atoms with Gasteiger partial charge in [-0.15, -0.1) is 0 Å². The lowest BCUT2D eigenvalue weighted by Crippen LogP contribution is -2.28. The fourth-order valence-electron chi connectivity index (χ4n) is 3.71. The van der Waals surface area contributed by atoms with Crippen LogP contribution in [0.3, 0.4) is 0 Å². The number of nitrogens with one attached hydrogen (secondary N) is 3. The zero-order chi connectivity index (χ0) is 31.6. The highest BCUT2D eigenvalue weighted by Crippen LogP contribution is 2.36. The zero-order valence-corrected chi connectivity index (χ0v) is 22.2. The fraction of sp³-hybridized carbons (Fsp3) is 0.160. The van der Waals surface area contributed by atoms with E-state index in [-0.39, 0.29) is 40.8 Å². The van der Waals surface area contributed by atoms with Crippen LogP contribution in [0.1, 0.15) is 21.6 Å². The number of aromatic amines is 1. The maximum atomic E-state index is 13.3.